The molecule has 2 heterocycles. The number of hydrogen-bond donors (Lipinski definition) is 0. The maximum absolute atomic E-state index is 12.3. The zero-order valence-corrected chi connectivity index (χ0v) is 12.2. The molecule has 1 aliphatic heterocycles. The molecule has 0 aromatic carbocycles. The van der Waals surface area contributed by atoms with Gasteiger partial charge in [0.25, 0.3) is 5.56 Å². The van der Waals surface area contributed by atoms with Gasteiger partial charge in [-0.05, 0) is 26.2 Å². The van der Waals surface area contributed by atoms with Crippen LogP contribution in [0, 0.1) is 22.7 Å². The number of nitriles is 2. The molecule has 0 unspecified atom stereocenters. The molecule has 0 N–H and O–H groups in total. The third-order valence-corrected chi connectivity index (χ3v) is 4.47. The molecule has 0 aliphatic carbocycles. The Labute approximate surface area is 121 Å². The summed E-state index contributed by atoms with van der Waals surface area (Å²) in [5.74, 6) is 0. The summed E-state index contributed by atoms with van der Waals surface area (Å²) in [5, 5.41) is 18.0. The van der Waals surface area contributed by atoms with Crippen molar-refractivity contribution >= 4 is 23.1 Å². The van der Waals surface area contributed by atoms with E-state index in [4.69, 9.17) is 10.5 Å². The van der Waals surface area contributed by atoms with Gasteiger partial charge in [-0.2, -0.15) is 10.5 Å². The Morgan fingerprint density at radius 1 is 1.30 bits per heavy atom. The second-order valence-corrected chi connectivity index (χ2v) is 5.68. The van der Waals surface area contributed by atoms with E-state index in [0.717, 1.165) is 25.9 Å². The first-order valence-corrected chi connectivity index (χ1v) is 7.53. The van der Waals surface area contributed by atoms with E-state index >= 15 is 0 Å². The molecule has 20 heavy (non-hydrogen) atoms. The molecule has 1 saturated heterocycles. The molecule has 1 aromatic heterocycles. The third kappa shape index (κ3) is 2.76. The fourth-order valence-electron chi connectivity index (χ4n) is 2.32. The molecule has 104 valence electrons. The maximum atomic E-state index is 12.3. The largest absolute Gasteiger partial charge is 0.376 e. The number of hydrogen-bond acceptors (Lipinski definition) is 5. The summed E-state index contributed by atoms with van der Waals surface area (Å²) in [4.78, 5) is 14.5. The minimum atomic E-state index is -0.110. The molecular weight excluding hydrogens is 272 g/mol. The molecule has 0 radical (unpaired) electrons. The van der Waals surface area contributed by atoms with E-state index in [9.17, 15) is 4.79 Å². The van der Waals surface area contributed by atoms with Gasteiger partial charge in [-0.15, -0.1) is 11.3 Å². The summed E-state index contributed by atoms with van der Waals surface area (Å²) in [5.41, 5.74) is -0.103. The molecule has 5 nitrogen and oxygen atoms in total. The van der Waals surface area contributed by atoms with Crippen LogP contribution in [-0.2, 0) is 6.54 Å². The lowest BCUT2D eigenvalue weighted by Crippen LogP contribution is -2.34. The van der Waals surface area contributed by atoms with E-state index < -0.39 is 0 Å². The van der Waals surface area contributed by atoms with E-state index in [2.05, 4.69) is 4.90 Å². The maximum Gasteiger partial charge on any atom is 0.270 e. The van der Waals surface area contributed by atoms with Crippen LogP contribution in [0.2, 0.25) is 0 Å². The van der Waals surface area contributed by atoms with Gasteiger partial charge in [0, 0.05) is 25.8 Å². The SMILES string of the molecule is CCn1c(=C(C#N)C#N)sc(=CN2CCCCC2)c1=O. The third-order valence-electron chi connectivity index (χ3n) is 3.35. The molecule has 1 fully saturated rings. The highest BCUT2D eigenvalue weighted by Crippen LogP contribution is 2.08. The van der Waals surface area contributed by atoms with Crippen molar-refractivity contribution in [1.82, 2.24) is 9.47 Å². The van der Waals surface area contributed by atoms with Crippen molar-refractivity contribution in [1.29, 1.82) is 10.5 Å². The molecular formula is C14H16N4OS. The standard InChI is InChI=1S/C14H16N4OS/c1-2-18-13(19)12(10-17-6-4-3-5-7-17)20-14(18)11(8-15)9-16/h10H,2-7H2,1H3. The molecule has 1 aromatic rings. The van der Waals surface area contributed by atoms with Crippen LogP contribution >= 0.6 is 11.3 Å². The second-order valence-electron chi connectivity index (χ2n) is 4.65. The number of aromatic nitrogens is 1. The van der Waals surface area contributed by atoms with Crippen LogP contribution in [0.3, 0.4) is 0 Å². The van der Waals surface area contributed by atoms with E-state index in [-0.39, 0.29) is 11.1 Å². The average Bonchev–Trinajstić information content (AvgIpc) is 2.78. The minimum Gasteiger partial charge on any atom is -0.376 e. The predicted molar refractivity (Wildman–Crippen MR) is 78.0 cm³/mol. The molecule has 0 spiro atoms. The van der Waals surface area contributed by atoms with Crippen LogP contribution in [0.4, 0.5) is 0 Å². The number of thiazole rings is 1. The van der Waals surface area contributed by atoms with Crippen molar-refractivity contribution in [2.24, 2.45) is 0 Å². The van der Waals surface area contributed by atoms with Crippen LogP contribution < -0.4 is 14.8 Å². The second kappa shape index (κ2) is 6.40. The summed E-state index contributed by atoms with van der Waals surface area (Å²) in [6.45, 7) is 4.23. The first kappa shape index (κ1) is 14.4. The molecule has 0 bridgehead atoms. The van der Waals surface area contributed by atoms with Gasteiger partial charge in [-0.25, -0.2) is 0 Å². The lowest BCUT2D eigenvalue weighted by atomic mass is 10.1. The van der Waals surface area contributed by atoms with Crippen molar-refractivity contribution in [3.63, 3.8) is 0 Å². The molecule has 0 amide bonds. The van der Waals surface area contributed by atoms with Gasteiger partial charge in [-0.3, -0.25) is 9.36 Å². The number of nitrogens with zero attached hydrogens (tertiary/aromatic N) is 4. The Hall–Kier alpha value is -2.05. The summed E-state index contributed by atoms with van der Waals surface area (Å²) >= 11 is 1.23. The van der Waals surface area contributed by atoms with E-state index in [0.29, 0.717) is 15.7 Å². The van der Waals surface area contributed by atoms with Crippen molar-refractivity contribution in [2.45, 2.75) is 32.7 Å². The molecule has 2 rings (SSSR count). The normalized spacial score (nSPS) is 15.8. The van der Waals surface area contributed by atoms with Crippen LogP contribution in [-0.4, -0.2) is 22.6 Å². The van der Waals surface area contributed by atoms with Crippen LogP contribution in [0.1, 0.15) is 26.2 Å². The number of piperidine rings is 1. The average molecular weight is 288 g/mol. The summed E-state index contributed by atoms with van der Waals surface area (Å²) < 4.78 is 2.57. The van der Waals surface area contributed by atoms with Crippen molar-refractivity contribution in [3.8, 4) is 12.1 Å². The van der Waals surface area contributed by atoms with Gasteiger partial charge in [0.05, 0.1) is 0 Å². The van der Waals surface area contributed by atoms with Crippen LogP contribution in [0.15, 0.2) is 4.79 Å². The van der Waals surface area contributed by atoms with Crippen molar-refractivity contribution < 1.29 is 0 Å². The predicted octanol–water partition coefficient (Wildman–Crippen LogP) is 0.351. The highest BCUT2D eigenvalue weighted by molar-refractivity contribution is 7.07. The van der Waals surface area contributed by atoms with Crippen molar-refractivity contribution in [2.75, 3.05) is 13.1 Å². The Bertz CT molecular complexity index is 722. The molecule has 1 aliphatic rings. The van der Waals surface area contributed by atoms with Gasteiger partial charge in [0.2, 0.25) is 0 Å². The summed E-state index contributed by atoms with van der Waals surface area (Å²) in [6.07, 6.45) is 5.41. The first-order valence-electron chi connectivity index (χ1n) is 6.71. The zero-order valence-electron chi connectivity index (χ0n) is 11.4. The van der Waals surface area contributed by atoms with Gasteiger partial charge in [-0.1, -0.05) is 0 Å². The van der Waals surface area contributed by atoms with Gasteiger partial charge in [0.1, 0.15) is 21.3 Å². The fourth-order valence-corrected chi connectivity index (χ4v) is 3.44. The van der Waals surface area contributed by atoms with Crippen molar-refractivity contribution in [3.05, 3.63) is 19.5 Å². The van der Waals surface area contributed by atoms with Crippen LogP contribution in [0.25, 0.3) is 11.8 Å². The lowest BCUT2D eigenvalue weighted by molar-refractivity contribution is 0.336. The Morgan fingerprint density at radius 3 is 2.50 bits per heavy atom. The molecule has 0 atom stereocenters. The summed E-state index contributed by atoms with van der Waals surface area (Å²) in [7, 11) is 0. The van der Waals surface area contributed by atoms with E-state index in [1.54, 1.807) is 0 Å². The quantitative estimate of drug-likeness (QED) is 0.787. The highest BCUT2D eigenvalue weighted by atomic mass is 32.1. The monoisotopic (exact) mass is 288 g/mol. The van der Waals surface area contributed by atoms with E-state index in [1.165, 1.54) is 22.3 Å². The number of rotatable bonds is 2. The first-order chi connectivity index (χ1) is 9.71. The Morgan fingerprint density at radius 2 is 1.95 bits per heavy atom. The molecule has 0 saturated carbocycles. The van der Waals surface area contributed by atoms with Gasteiger partial charge >= 0.3 is 0 Å². The smallest absolute Gasteiger partial charge is 0.270 e. The highest BCUT2D eigenvalue weighted by Gasteiger charge is 2.10. The topological polar surface area (TPSA) is 72.8 Å². The number of likely N-dealkylation sites (tertiary alicyclic amines) is 1. The minimum absolute atomic E-state index is 0.00671. The zero-order chi connectivity index (χ0) is 14.5. The van der Waals surface area contributed by atoms with E-state index in [1.807, 2.05) is 25.3 Å². The van der Waals surface area contributed by atoms with Gasteiger partial charge < -0.3 is 4.90 Å². The Balaban J connectivity index is 2.61. The van der Waals surface area contributed by atoms with Crippen LogP contribution in [0.5, 0.6) is 0 Å². The van der Waals surface area contributed by atoms with Gasteiger partial charge in [0.15, 0.2) is 5.57 Å². The molecule has 6 heteroatoms. The Kier molecular flexibility index (Phi) is 4.60. The lowest BCUT2D eigenvalue weighted by Gasteiger charge is -2.24. The summed E-state index contributed by atoms with van der Waals surface area (Å²) in [6, 6.07) is 3.73. The fraction of sp³-hybridized carbons (Fsp3) is 0.500.